The van der Waals surface area contributed by atoms with Gasteiger partial charge in [-0.25, -0.2) is 9.67 Å². The predicted molar refractivity (Wildman–Crippen MR) is 117 cm³/mol. The standard InChI is InChI=1S/C19H19N7O2S2/c1-9-5-6-12(10(2)7-9)20-17(28)15-11(3)14-16(27)21-13(22-18(14)30-15)8-29-19-23-24-25-26(19)4/h5-7H,8H2,1-4H3,(H,20,28)(H,21,22,27). The highest BCUT2D eigenvalue weighted by Gasteiger charge is 2.20. The molecule has 2 N–H and O–H groups in total. The van der Waals surface area contributed by atoms with E-state index in [0.717, 1.165) is 16.8 Å². The number of amides is 1. The predicted octanol–water partition coefficient (Wildman–Crippen LogP) is 2.98. The lowest BCUT2D eigenvalue weighted by Crippen LogP contribution is -2.13. The second-order valence-corrected chi connectivity index (χ2v) is 8.84. The molecule has 0 aliphatic heterocycles. The molecule has 0 saturated carbocycles. The van der Waals surface area contributed by atoms with E-state index >= 15 is 0 Å². The lowest BCUT2D eigenvalue weighted by atomic mass is 10.1. The number of thioether (sulfide) groups is 1. The summed E-state index contributed by atoms with van der Waals surface area (Å²) in [5.41, 5.74) is 3.23. The Kier molecular flexibility index (Phi) is 5.39. The number of hydrogen-bond acceptors (Lipinski definition) is 8. The molecular weight excluding hydrogens is 422 g/mol. The second kappa shape index (κ2) is 8.00. The number of nitrogens with zero attached hydrogens (tertiary/aromatic N) is 5. The molecule has 30 heavy (non-hydrogen) atoms. The van der Waals surface area contributed by atoms with E-state index in [9.17, 15) is 9.59 Å². The zero-order valence-corrected chi connectivity index (χ0v) is 18.4. The molecule has 9 nitrogen and oxygen atoms in total. The third kappa shape index (κ3) is 3.85. The number of hydrogen-bond donors (Lipinski definition) is 2. The summed E-state index contributed by atoms with van der Waals surface area (Å²) in [6, 6.07) is 5.84. The Morgan fingerprint density at radius 3 is 2.80 bits per heavy atom. The van der Waals surface area contributed by atoms with Gasteiger partial charge in [0, 0.05) is 12.7 Å². The molecule has 1 amide bonds. The third-order valence-electron chi connectivity index (χ3n) is 4.61. The molecule has 1 aromatic carbocycles. The van der Waals surface area contributed by atoms with Crippen LogP contribution in [-0.2, 0) is 12.8 Å². The van der Waals surface area contributed by atoms with Gasteiger partial charge < -0.3 is 10.3 Å². The van der Waals surface area contributed by atoms with E-state index in [1.54, 1.807) is 18.7 Å². The van der Waals surface area contributed by atoms with Crippen molar-refractivity contribution in [2.24, 2.45) is 7.05 Å². The quantitative estimate of drug-likeness (QED) is 0.457. The molecule has 4 aromatic rings. The molecule has 3 heterocycles. The first-order valence-electron chi connectivity index (χ1n) is 9.09. The Morgan fingerprint density at radius 2 is 2.10 bits per heavy atom. The molecule has 0 atom stereocenters. The number of fused-ring (bicyclic) bond motifs is 1. The minimum absolute atomic E-state index is 0.247. The summed E-state index contributed by atoms with van der Waals surface area (Å²) in [5.74, 6) is 0.659. The van der Waals surface area contributed by atoms with E-state index in [0.29, 0.717) is 37.4 Å². The average Bonchev–Trinajstić information content (AvgIpc) is 3.25. The van der Waals surface area contributed by atoms with Crippen LogP contribution in [0.5, 0.6) is 0 Å². The Bertz CT molecular complexity index is 1320. The van der Waals surface area contributed by atoms with E-state index in [-0.39, 0.29) is 11.5 Å². The van der Waals surface area contributed by atoms with Gasteiger partial charge in [-0.05, 0) is 48.4 Å². The lowest BCUT2D eigenvalue weighted by molar-refractivity contribution is 0.103. The van der Waals surface area contributed by atoms with Gasteiger partial charge in [0.15, 0.2) is 0 Å². The third-order valence-corrected chi connectivity index (χ3v) is 6.81. The topological polar surface area (TPSA) is 118 Å². The number of H-pyrrole nitrogens is 1. The Balaban J connectivity index is 1.62. The first-order chi connectivity index (χ1) is 14.3. The van der Waals surface area contributed by atoms with Crippen molar-refractivity contribution < 1.29 is 4.79 Å². The molecule has 0 unspecified atom stereocenters. The minimum atomic E-state index is -0.258. The maximum Gasteiger partial charge on any atom is 0.266 e. The van der Waals surface area contributed by atoms with E-state index in [2.05, 4.69) is 30.8 Å². The molecule has 4 rings (SSSR count). The molecule has 0 bridgehead atoms. The molecule has 0 saturated heterocycles. The Hall–Kier alpha value is -3.05. The first kappa shape index (κ1) is 20.2. The van der Waals surface area contributed by atoms with Crippen LogP contribution in [0.1, 0.15) is 32.2 Å². The van der Waals surface area contributed by atoms with Gasteiger partial charge in [0.25, 0.3) is 11.5 Å². The molecule has 0 aliphatic rings. The smallest absolute Gasteiger partial charge is 0.266 e. The lowest BCUT2D eigenvalue weighted by Gasteiger charge is -2.08. The number of aromatic nitrogens is 6. The van der Waals surface area contributed by atoms with Crippen molar-refractivity contribution in [2.45, 2.75) is 31.7 Å². The summed E-state index contributed by atoms with van der Waals surface area (Å²) in [5, 5.41) is 15.3. The normalized spacial score (nSPS) is 11.2. The fraction of sp³-hybridized carbons (Fsp3) is 0.263. The van der Waals surface area contributed by atoms with Gasteiger partial charge in [-0.3, -0.25) is 9.59 Å². The zero-order valence-electron chi connectivity index (χ0n) is 16.8. The maximum absolute atomic E-state index is 12.9. The number of aryl methyl sites for hydroxylation is 4. The first-order valence-corrected chi connectivity index (χ1v) is 10.9. The highest BCUT2D eigenvalue weighted by Crippen LogP contribution is 2.29. The summed E-state index contributed by atoms with van der Waals surface area (Å²) in [6.07, 6.45) is 0. The molecule has 0 aliphatic carbocycles. The van der Waals surface area contributed by atoms with Gasteiger partial charge in [-0.2, -0.15) is 0 Å². The summed E-state index contributed by atoms with van der Waals surface area (Å²) in [7, 11) is 1.74. The molecule has 154 valence electrons. The molecular formula is C19H19N7O2S2. The number of anilines is 1. The number of aromatic amines is 1. The van der Waals surface area contributed by atoms with Gasteiger partial charge in [-0.1, -0.05) is 29.5 Å². The Labute approximate surface area is 179 Å². The van der Waals surface area contributed by atoms with E-state index in [1.165, 1.54) is 23.1 Å². The number of carbonyl (C=O) groups is 1. The summed E-state index contributed by atoms with van der Waals surface area (Å²) < 4.78 is 1.55. The number of thiophene rings is 1. The van der Waals surface area contributed by atoms with Crippen LogP contribution in [0, 0.1) is 20.8 Å². The van der Waals surface area contributed by atoms with Crippen molar-refractivity contribution in [1.82, 2.24) is 30.2 Å². The van der Waals surface area contributed by atoms with Gasteiger partial charge in [0.1, 0.15) is 10.7 Å². The highest BCUT2D eigenvalue weighted by atomic mass is 32.2. The number of carbonyl (C=O) groups excluding carboxylic acids is 1. The van der Waals surface area contributed by atoms with E-state index in [4.69, 9.17) is 0 Å². The van der Waals surface area contributed by atoms with E-state index in [1.807, 2.05) is 32.0 Å². The second-order valence-electron chi connectivity index (χ2n) is 6.90. The highest BCUT2D eigenvalue weighted by molar-refractivity contribution is 7.98. The average molecular weight is 442 g/mol. The van der Waals surface area contributed by atoms with Crippen molar-refractivity contribution in [3.05, 3.63) is 55.9 Å². The molecule has 3 aromatic heterocycles. The van der Waals surface area contributed by atoms with Crippen LogP contribution in [0.15, 0.2) is 28.2 Å². The number of tetrazole rings is 1. The van der Waals surface area contributed by atoms with Gasteiger partial charge in [0.2, 0.25) is 5.16 Å². The van der Waals surface area contributed by atoms with Crippen LogP contribution in [0.3, 0.4) is 0 Å². The maximum atomic E-state index is 12.9. The molecule has 11 heteroatoms. The van der Waals surface area contributed by atoms with Crippen LogP contribution < -0.4 is 10.9 Å². The van der Waals surface area contributed by atoms with Gasteiger partial charge >= 0.3 is 0 Å². The summed E-state index contributed by atoms with van der Waals surface area (Å²) >= 11 is 2.58. The molecule has 0 spiro atoms. The zero-order chi connectivity index (χ0) is 21.4. The molecule has 0 radical (unpaired) electrons. The summed E-state index contributed by atoms with van der Waals surface area (Å²) in [4.78, 5) is 33.9. The van der Waals surface area contributed by atoms with Crippen LogP contribution in [0.2, 0.25) is 0 Å². The number of benzene rings is 1. The van der Waals surface area contributed by atoms with Crippen LogP contribution >= 0.6 is 23.1 Å². The van der Waals surface area contributed by atoms with Gasteiger partial charge in [-0.15, -0.1) is 16.4 Å². The SMILES string of the molecule is Cc1ccc(NC(=O)c2sc3nc(CSc4nnnn4C)[nH]c(=O)c3c2C)c(C)c1. The fourth-order valence-electron chi connectivity index (χ4n) is 3.08. The van der Waals surface area contributed by atoms with Crippen LogP contribution in [0.25, 0.3) is 10.2 Å². The summed E-state index contributed by atoms with van der Waals surface area (Å²) in [6.45, 7) is 5.72. The van der Waals surface area contributed by atoms with Crippen molar-refractivity contribution in [2.75, 3.05) is 5.32 Å². The number of nitrogens with one attached hydrogen (secondary N) is 2. The number of rotatable bonds is 5. The van der Waals surface area contributed by atoms with Crippen molar-refractivity contribution in [3.8, 4) is 0 Å². The van der Waals surface area contributed by atoms with Crippen molar-refractivity contribution >= 4 is 44.9 Å². The molecule has 0 fully saturated rings. The minimum Gasteiger partial charge on any atom is -0.321 e. The van der Waals surface area contributed by atoms with Crippen molar-refractivity contribution in [1.29, 1.82) is 0 Å². The largest absolute Gasteiger partial charge is 0.321 e. The monoisotopic (exact) mass is 441 g/mol. The van der Waals surface area contributed by atoms with Gasteiger partial charge in [0.05, 0.1) is 16.0 Å². The Morgan fingerprint density at radius 1 is 1.30 bits per heavy atom. The fourth-order valence-corrected chi connectivity index (χ4v) is 4.90. The van der Waals surface area contributed by atoms with Crippen LogP contribution in [0.4, 0.5) is 5.69 Å². The van der Waals surface area contributed by atoms with Crippen molar-refractivity contribution in [3.63, 3.8) is 0 Å². The van der Waals surface area contributed by atoms with E-state index < -0.39 is 0 Å². The van der Waals surface area contributed by atoms with Crippen LogP contribution in [-0.4, -0.2) is 36.1 Å².